The van der Waals surface area contributed by atoms with Gasteiger partial charge in [0, 0.05) is 5.75 Å². The summed E-state index contributed by atoms with van der Waals surface area (Å²) in [5.74, 6) is -2.17. The van der Waals surface area contributed by atoms with Gasteiger partial charge in [0.15, 0.2) is 0 Å². The molecule has 0 nitrogen and oxygen atoms in total. The molecular weight excluding hydrogens is 256 g/mol. The smallest absolute Gasteiger partial charge is 0.194 e. The van der Waals surface area contributed by atoms with Crippen molar-refractivity contribution in [2.24, 2.45) is 5.92 Å². The molecule has 14 heavy (non-hydrogen) atoms. The molecular formula is C7H12F4S3. The molecule has 0 N–H and O–H groups in total. The van der Waals surface area contributed by atoms with Crippen molar-refractivity contribution in [3.63, 3.8) is 0 Å². The van der Waals surface area contributed by atoms with Gasteiger partial charge in [-0.15, -0.1) is 0 Å². The van der Waals surface area contributed by atoms with E-state index < -0.39 is 16.4 Å². The molecule has 0 unspecified atom stereocenters. The zero-order chi connectivity index (χ0) is 11.4. The molecule has 0 spiro atoms. The van der Waals surface area contributed by atoms with Crippen molar-refractivity contribution in [3.05, 3.63) is 0 Å². The lowest BCUT2D eigenvalue weighted by Crippen LogP contribution is -2.39. The fourth-order valence-corrected chi connectivity index (χ4v) is 2.91. The molecule has 0 aromatic rings. The van der Waals surface area contributed by atoms with Gasteiger partial charge in [-0.2, -0.15) is 29.3 Å². The van der Waals surface area contributed by atoms with Gasteiger partial charge in [-0.25, -0.2) is 0 Å². The molecule has 0 saturated carbocycles. The second-order valence-electron chi connectivity index (χ2n) is 2.54. The lowest BCUT2D eigenvalue weighted by atomic mass is 10.2. The Morgan fingerprint density at radius 1 is 0.929 bits per heavy atom. The Morgan fingerprint density at radius 2 is 1.29 bits per heavy atom. The van der Waals surface area contributed by atoms with E-state index in [4.69, 9.17) is 0 Å². The third kappa shape index (κ3) is 3.73. The fourth-order valence-electron chi connectivity index (χ4n) is 0.841. The summed E-state index contributed by atoms with van der Waals surface area (Å²) in [4.78, 5) is 0. The maximum atomic E-state index is 13.1. The maximum absolute atomic E-state index is 13.1. The number of hydrogen-bond acceptors (Lipinski definition) is 3. The van der Waals surface area contributed by atoms with Crippen LogP contribution in [0.3, 0.4) is 0 Å². The van der Waals surface area contributed by atoms with Crippen LogP contribution >= 0.6 is 35.3 Å². The summed E-state index contributed by atoms with van der Waals surface area (Å²) in [6.45, 7) is 0. The Balaban J connectivity index is 4.75. The quantitative estimate of drug-likeness (QED) is 0.671. The average Bonchev–Trinajstić information content (AvgIpc) is 2.13. The Labute approximate surface area is 94.0 Å². The van der Waals surface area contributed by atoms with E-state index in [1.165, 1.54) is 0 Å². The van der Waals surface area contributed by atoms with Gasteiger partial charge in [-0.05, 0) is 18.8 Å². The fraction of sp³-hybridized carbons (Fsp3) is 1.00. The van der Waals surface area contributed by atoms with Crippen molar-refractivity contribution < 1.29 is 17.6 Å². The first-order valence-electron chi connectivity index (χ1n) is 3.66. The number of thioether (sulfide) groups is 3. The van der Waals surface area contributed by atoms with Crippen LogP contribution in [0.25, 0.3) is 0 Å². The molecule has 0 aliphatic carbocycles. The Morgan fingerprint density at radius 3 is 1.50 bits per heavy atom. The Kier molecular flexibility index (Phi) is 6.06. The minimum Gasteiger partial charge on any atom is -0.194 e. The highest BCUT2D eigenvalue weighted by atomic mass is 32.2. The second kappa shape index (κ2) is 5.75. The molecule has 0 radical (unpaired) electrons. The molecule has 0 aromatic carbocycles. The zero-order valence-electron chi connectivity index (χ0n) is 8.02. The van der Waals surface area contributed by atoms with Crippen molar-refractivity contribution in [1.29, 1.82) is 0 Å². The van der Waals surface area contributed by atoms with Crippen molar-refractivity contribution in [3.8, 4) is 0 Å². The monoisotopic (exact) mass is 268 g/mol. The summed E-state index contributed by atoms with van der Waals surface area (Å²) < 4.78 is 52.6. The number of hydrogen-bond donors (Lipinski definition) is 0. The summed E-state index contributed by atoms with van der Waals surface area (Å²) in [6.07, 6.45) is 3.83. The first-order chi connectivity index (χ1) is 6.31. The van der Waals surface area contributed by atoms with E-state index in [1.54, 1.807) is 6.26 Å². The van der Waals surface area contributed by atoms with Gasteiger partial charge in [0.25, 0.3) is 0 Å². The SMILES string of the molecule is CSCC(C(F)(F)SC)C(F)(F)SC. The lowest BCUT2D eigenvalue weighted by molar-refractivity contribution is -0.0589. The number of rotatable bonds is 6. The van der Waals surface area contributed by atoms with Crippen molar-refractivity contribution in [1.82, 2.24) is 0 Å². The predicted molar refractivity (Wildman–Crippen MR) is 58.8 cm³/mol. The summed E-state index contributed by atoms with van der Waals surface area (Å²) in [6, 6.07) is 0. The van der Waals surface area contributed by atoms with Crippen molar-refractivity contribution in [2.75, 3.05) is 24.5 Å². The van der Waals surface area contributed by atoms with Gasteiger partial charge in [0.1, 0.15) is 5.92 Å². The normalized spacial score (nSPS) is 13.7. The van der Waals surface area contributed by atoms with Crippen LogP contribution in [0.4, 0.5) is 17.6 Å². The summed E-state index contributed by atoms with van der Waals surface area (Å²) in [5.41, 5.74) is 0. The van der Waals surface area contributed by atoms with Crippen LogP contribution in [-0.4, -0.2) is 35.0 Å². The largest absolute Gasteiger partial charge is 0.303 e. The van der Waals surface area contributed by atoms with Crippen LogP contribution in [0.15, 0.2) is 0 Å². The molecule has 86 valence electrons. The molecule has 0 atom stereocenters. The first-order valence-corrected chi connectivity index (χ1v) is 7.51. The number of halogens is 4. The van der Waals surface area contributed by atoms with Gasteiger partial charge >= 0.3 is 10.5 Å². The highest BCUT2D eigenvalue weighted by Crippen LogP contribution is 2.48. The minimum absolute atomic E-state index is 0.177. The van der Waals surface area contributed by atoms with E-state index in [1.807, 2.05) is 0 Å². The first kappa shape index (κ1) is 14.8. The van der Waals surface area contributed by atoms with E-state index in [0.29, 0.717) is 0 Å². The highest BCUT2D eigenvalue weighted by Gasteiger charge is 2.53. The van der Waals surface area contributed by atoms with Gasteiger partial charge in [0.2, 0.25) is 0 Å². The maximum Gasteiger partial charge on any atom is 0.303 e. The van der Waals surface area contributed by atoms with Crippen LogP contribution in [-0.2, 0) is 0 Å². The molecule has 0 rings (SSSR count). The molecule has 0 heterocycles. The van der Waals surface area contributed by atoms with Gasteiger partial charge in [0.05, 0.1) is 0 Å². The molecule has 0 saturated heterocycles. The molecule has 0 aliphatic rings. The third-order valence-corrected chi connectivity index (χ3v) is 4.01. The van der Waals surface area contributed by atoms with Gasteiger partial charge in [-0.3, -0.25) is 0 Å². The van der Waals surface area contributed by atoms with Crippen LogP contribution in [0.1, 0.15) is 0 Å². The Bertz CT molecular complexity index is 158. The topological polar surface area (TPSA) is 0 Å². The molecule has 0 aliphatic heterocycles. The zero-order valence-corrected chi connectivity index (χ0v) is 10.5. The van der Waals surface area contributed by atoms with Crippen LogP contribution in [0, 0.1) is 5.92 Å². The minimum atomic E-state index is -3.38. The molecule has 0 bridgehead atoms. The lowest BCUT2D eigenvalue weighted by Gasteiger charge is -2.30. The van der Waals surface area contributed by atoms with Gasteiger partial charge in [-0.1, -0.05) is 23.5 Å². The van der Waals surface area contributed by atoms with E-state index in [0.717, 1.165) is 24.3 Å². The van der Waals surface area contributed by atoms with E-state index in [2.05, 4.69) is 0 Å². The summed E-state index contributed by atoms with van der Waals surface area (Å²) in [5, 5.41) is -6.76. The van der Waals surface area contributed by atoms with E-state index in [9.17, 15) is 17.6 Å². The Hall–Kier alpha value is 0.770. The van der Waals surface area contributed by atoms with Crippen LogP contribution in [0.2, 0.25) is 0 Å². The molecule has 0 fully saturated rings. The standard InChI is InChI=1S/C7H12F4S3/c1-12-4-5(6(8,9)13-2)7(10,11)14-3/h5H,4H2,1-3H3. The number of alkyl halides is 4. The third-order valence-electron chi connectivity index (χ3n) is 1.69. The van der Waals surface area contributed by atoms with Crippen molar-refractivity contribution in [2.45, 2.75) is 10.5 Å². The average molecular weight is 268 g/mol. The molecule has 7 heteroatoms. The molecule has 0 aromatic heterocycles. The molecule has 0 amide bonds. The summed E-state index contributed by atoms with van der Waals surface area (Å²) in [7, 11) is 0. The summed E-state index contributed by atoms with van der Waals surface area (Å²) >= 11 is 1.36. The van der Waals surface area contributed by atoms with Gasteiger partial charge < -0.3 is 0 Å². The van der Waals surface area contributed by atoms with Crippen molar-refractivity contribution >= 4 is 35.3 Å². The van der Waals surface area contributed by atoms with Crippen LogP contribution in [0.5, 0.6) is 0 Å². The predicted octanol–water partition coefficient (Wildman–Crippen LogP) is 3.88. The second-order valence-corrected chi connectivity index (χ2v) is 5.36. The van der Waals surface area contributed by atoms with E-state index >= 15 is 0 Å². The van der Waals surface area contributed by atoms with Crippen LogP contribution < -0.4 is 0 Å². The highest BCUT2D eigenvalue weighted by molar-refractivity contribution is 8.01. The van der Waals surface area contributed by atoms with E-state index in [-0.39, 0.29) is 29.3 Å².